The molecule has 0 aliphatic carbocycles. The van der Waals surface area contributed by atoms with Crippen molar-refractivity contribution >= 4 is 12.1 Å². The number of amides is 4. The number of imide groups is 1. The zero-order chi connectivity index (χ0) is 7.72. The van der Waals surface area contributed by atoms with Gasteiger partial charge in [0.1, 0.15) is 0 Å². The molecule has 1 atom stereocenters. The van der Waals surface area contributed by atoms with Crippen LogP contribution < -0.4 is 11.1 Å². The molecule has 0 aromatic rings. The predicted octanol–water partition coefficient (Wildman–Crippen LogP) is -0.521. The summed E-state index contributed by atoms with van der Waals surface area (Å²) >= 11 is 0. The molecule has 0 aromatic heterocycles. The van der Waals surface area contributed by atoms with Crippen LogP contribution in [0, 0.1) is 0 Å². The standard InChI is InChI=1S/C5H9N3O2/c1-3-2-7-5(10)8(3)4(6)9/h3H,2H2,1H3,(H2,6,9)(H,7,10). The minimum Gasteiger partial charge on any atom is -0.351 e. The largest absolute Gasteiger partial charge is 0.351 e. The predicted molar refractivity (Wildman–Crippen MR) is 34.3 cm³/mol. The van der Waals surface area contributed by atoms with E-state index in [2.05, 4.69) is 5.32 Å². The molecule has 4 amide bonds. The highest BCUT2D eigenvalue weighted by Crippen LogP contribution is 2.04. The quantitative estimate of drug-likeness (QED) is 0.478. The van der Waals surface area contributed by atoms with Gasteiger partial charge >= 0.3 is 12.1 Å². The average molecular weight is 143 g/mol. The first-order valence-electron chi connectivity index (χ1n) is 2.99. The number of hydrogen-bond acceptors (Lipinski definition) is 2. The Labute approximate surface area is 58.2 Å². The van der Waals surface area contributed by atoms with Crippen molar-refractivity contribution in [3.63, 3.8) is 0 Å². The molecule has 56 valence electrons. The third-order valence-electron chi connectivity index (χ3n) is 1.45. The third kappa shape index (κ3) is 0.896. The molecule has 0 spiro atoms. The molecule has 0 bridgehead atoms. The number of nitrogens with two attached hydrogens (primary N) is 1. The van der Waals surface area contributed by atoms with E-state index in [0.29, 0.717) is 6.54 Å². The molecule has 0 radical (unpaired) electrons. The van der Waals surface area contributed by atoms with Crippen LogP contribution >= 0.6 is 0 Å². The number of nitrogens with one attached hydrogen (secondary N) is 1. The minimum absolute atomic E-state index is 0.120. The first-order chi connectivity index (χ1) is 4.63. The van der Waals surface area contributed by atoms with Crippen molar-refractivity contribution in [2.45, 2.75) is 13.0 Å². The second-order valence-electron chi connectivity index (χ2n) is 2.24. The van der Waals surface area contributed by atoms with Gasteiger partial charge in [0, 0.05) is 6.54 Å². The monoisotopic (exact) mass is 143 g/mol. The zero-order valence-electron chi connectivity index (χ0n) is 5.63. The zero-order valence-corrected chi connectivity index (χ0v) is 5.63. The van der Waals surface area contributed by atoms with Crippen LogP contribution in [0.1, 0.15) is 6.92 Å². The molecule has 1 unspecified atom stereocenters. The molecule has 5 heteroatoms. The van der Waals surface area contributed by atoms with Crippen molar-refractivity contribution in [2.75, 3.05) is 6.54 Å². The molecule has 1 aliphatic rings. The lowest BCUT2D eigenvalue weighted by Crippen LogP contribution is -2.41. The Morgan fingerprint density at radius 1 is 1.90 bits per heavy atom. The molecule has 0 aromatic carbocycles. The van der Waals surface area contributed by atoms with Crippen LogP contribution in [0.2, 0.25) is 0 Å². The van der Waals surface area contributed by atoms with E-state index in [1.165, 1.54) is 0 Å². The second-order valence-corrected chi connectivity index (χ2v) is 2.24. The summed E-state index contributed by atoms with van der Waals surface area (Å²) in [4.78, 5) is 22.2. The molecule has 5 nitrogen and oxygen atoms in total. The van der Waals surface area contributed by atoms with Crippen LogP contribution in [-0.4, -0.2) is 29.5 Å². The molecule has 10 heavy (non-hydrogen) atoms. The number of rotatable bonds is 0. The Morgan fingerprint density at radius 3 is 2.70 bits per heavy atom. The Bertz CT molecular complexity index is 180. The summed E-state index contributed by atoms with van der Waals surface area (Å²) < 4.78 is 0. The topological polar surface area (TPSA) is 75.4 Å². The molecule has 1 saturated heterocycles. The fourth-order valence-electron chi connectivity index (χ4n) is 0.929. The summed E-state index contributed by atoms with van der Waals surface area (Å²) in [5.41, 5.74) is 4.90. The number of urea groups is 2. The van der Waals surface area contributed by atoms with Gasteiger partial charge in [-0.2, -0.15) is 0 Å². The summed E-state index contributed by atoms with van der Waals surface area (Å²) in [5.74, 6) is 0. The van der Waals surface area contributed by atoms with Gasteiger partial charge in [0.25, 0.3) is 0 Å². The maximum atomic E-state index is 10.7. The average Bonchev–Trinajstić information content (AvgIpc) is 2.11. The summed E-state index contributed by atoms with van der Waals surface area (Å²) in [6, 6.07) is -1.22. The molecular weight excluding hydrogens is 134 g/mol. The van der Waals surface area contributed by atoms with Gasteiger partial charge in [-0.05, 0) is 6.92 Å². The Kier molecular flexibility index (Phi) is 1.48. The van der Waals surface area contributed by atoms with Crippen molar-refractivity contribution in [3.05, 3.63) is 0 Å². The van der Waals surface area contributed by atoms with E-state index < -0.39 is 12.1 Å². The number of hydrogen-bond donors (Lipinski definition) is 2. The van der Waals surface area contributed by atoms with Gasteiger partial charge in [-0.25, -0.2) is 14.5 Å². The fraction of sp³-hybridized carbons (Fsp3) is 0.600. The van der Waals surface area contributed by atoms with Gasteiger partial charge in [-0.1, -0.05) is 0 Å². The first kappa shape index (κ1) is 6.85. The van der Waals surface area contributed by atoms with Crippen LogP contribution in [0.3, 0.4) is 0 Å². The molecule has 1 heterocycles. The normalized spacial score (nSPS) is 24.7. The Morgan fingerprint density at radius 2 is 2.50 bits per heavy atom. The van der Waals surface area contributed by atoms with Gasteiger partial charge in [-0.15, -0.1) is 0 Å². The molecule has 3 N–H and O–H groups in total. The maximum absolute atomic E-state index is 10.7. The smallest absolute Gasteiger partial charge is 0.325 e. The highest BCUT2D eigenvalue weighted by Gasteiger charge is 2.30. The Hall–Kier alpha value is -1.26. The van der Waals surface area contributed by atoms with E-state index in [1.54, 1.807) is 6.92 Å². The first-order valence-corrected chi connectivity index (χ1v) is 2.99. The number of carbonyl (C=O) groups excluding carboxylic acids is 2. The van der Waals surface area contributed by atoms with Gasteiger partial charge < -0.3 is 11.1 Å². The van der Waals surface area contributed by atoms with E-state index in [1.807, 2.05) is 0 Å². The van der Waals surface area contributed by atoms with Crippen molar-refractivity contribution in [2.24, 2.45) is 5.73 Å². The third-order valence-corrected chi connectivity index (χ3v) is 1.45. The highest BCUT2D eigenvalue weighted by atomic mass is 16.2. The van der Waals surface area contributed by atoms with Gasteiger partial charge in [0.15, 0.2) is 0 Å². The molecule has 1 aliphatic heterocycles. The van der Waals surface area contributed by atoms with E-state index >= 15 is 0 Å². The fourth-order valence-corrected chi connectivity index (χ4v) is 0.929. The lowest BCUT2D eigenvalue weighted by atomic mass is 10.3. The van der Waals surface area contributed by atoms with Crippen LogP contribution in [0.15, 0.2) is 0 Å². The number of nitrogens with zero attached hydrogens (tertiary/aromatic N) is 1. The van der Waals surface area contributed by atoms with E-state index in [-0.39, 0.29) is 6.04 Å². The van der Waals surface area contributed by atoms with E-state index in [9.17, 15) is 9.59 Å². The van der Waals surface area contributed by atoms with Gasteiger partial charge in [-0.3, -0.25) is 0 Å². The molecule has 1 rings (SSSR count). The Balaban J connectivity index is 2.72. The lowest BCUT2D eigenvalue weighted by molar-refractivity contribution is 0.196. The second kappa shape index (κ2) is 2.17. The van der Waals surface area contributed by atoms with Crippen molar-refractivity contribution in [3.8, 4) is 0 Å². The van der Waals surface area contributed by atoms with Gasteiger partial charge in [0.05, 0.1) is 6.04 Å². The maximum Gasteiger partial charge on any atom is 0.325 e. The van der Waals surface area contributed by atoms with E-state index in [0.717, 1.165) is 4.90 Å². The molecule has 0 saturated carbocycles. The van der Waals surface area contributed by atoms with Crippen LogP contribution in [0.5, 0.6) is 0 Å². The summed E-state index contributed by atoms with van der Waals surface area (Å²) in [6.07, 6.45) is 0. The minimum atomic E-state index is -0.692. The highest BCUT2D eigenvalue weighted by molar-refractivity contribution is 5.94. The molecule has 1 fully saturated rings. The van der Waals surface area contributed by atoms with Crippen LogP contribution in [0.4, 0.5) is 9.59 Å². The van der Waals surface area contributed by atoms with Crippen molar-refractivity contribution in [1.82, 2.24) is 10.2 Å². The van der Waals surface area contributed by atoms with Gasteiger partial charge in [0.2, 0.25) is 0 Å². The van der Waals surface area contributed by atoms with Crippen molar-refractivity contribution < 1.29 is 9.59 Å². The molecular formula is C5H9N3O2. The summed E-state index contributed by atoms with van der Waals surface area (Å²) in [5, 5.41) is 2.49. The number of primary amides is 1. The van der Waals surface area contributed by atoms with Crippen LogP contribution in [-0.2, 0) is 0 Å². The van der Waals surface area contributed by atoms with E-state index in [4.69, 9.17) is 5.73 Å². The number of carbonyl (C=O) groups is 2. The summed E-state index contributed by atoms with van der Waals surface area (Å²) in [7, 11) is 0. The van der Waals surface area contributed by atoms with Crippen molar-refractivity contribution in [1.29, 1.82) is 0 Å². The SMILES string of the molecule is CC1CNC(=O)N1C(N)=O. The van der Waals surface area contributed by atoms with Crippen LogP contribution in [0.25, 0.3) is 0 Å². The lowest BCUT2D eigenvalue weighted by Gasteiger charge is -2.13. The summed E-state index contributed by atoms with van der Waals surface area (Å²) in [6.45, 7) is 2.24.